The van der Waals surface area contributed by atoms with Crippen molar-refractivity contribution in [1.29, 1.82) is 0 Å². The van der Waals surface area contributed by atoms with Crippen LogP contribution in [0.5, 0.6) is 0 Å². The normalized spacial score (nSPS) is 12.5. The minimum Gasteiger partial charge on any atom is -0.356 e. The van der Waals surface area contributed by atoms with Crippen LogP contribution < -0.4 is 4.90 Å². The molecule has 3 aromatic rings. The number of hydrazone groups is 2. The van der Waals surface area contributed by atoms with Crippen molar-refractivity contribution in [2.75, 3.05) is 46.2 Å². The van der Waals surface area contributed by atoms with Gasteiger partial charge >= 0.3 is 0 Å². The van der Waals surface area contributed by atoms with Gasteiger partial charge in [-0.25, -0.2) is 4.98 Å². The molecule has 0 radical (unpaired) electrons. The molecule has 0 spiro atoms. The molecule has 1 aromatic heterocycles. The maximum absolute atomic E-state index is 5.27. The number of benzene rings is 2. The first-order chi connectivity index (χ1) is 15.9. The lowest BCUT2D eigenvalue weighted by Crippen LogP contribution is -2.26. The van der Waals surface area contributed by atoms with Crippen molar-refractivity contribution in [3.63, 3.8) is 0 Å². The lowest BCUT2D eigenvalue weighted by molar-refractivity contribution is -0.606. The van der Waals surface area contributed by atoms with E-state index in [-0.39, 0.29) is 0 Å². The number of rotatable bonds is 9. The van der Waals surface area contributed by atoms with Crippen molar-refractivity contribution in [3.05, 3.63) is 36.4 Å². The zero-order valence-electron chi connectivity index (χ0n) is 21.6. The van der Waals surface area contributed by atoms with Crippen LogP contribution in [-0.2, 0) is 0 Å². The second-order valence-electron chi connectivity index (χ2n) is 8.75. The molecule has 0 atom stereocenters. The van der Waals surface area contributed by atoms with E-state index >= 15 is 0 Å². The number of anilines is 1. The first-order valence-electron chi connectivity index (χ1n) is 12.0. The van der Waals surface area contributed by atoms with Gasteiger partial charge in [0.1, 0.15) is 5.82 Å². The van der Waals surface area contributed by atoms with E-state index in [4.69, 9.17) is 4.98 Å². The molecule has 0 unspecified atom stereocenters. The Morgan fingerprint density at radius 3 is 1.73 bits per heavy atom. The second-order valence-corrected chi connectivity index (χ2v) is 8.75. The van der Waals surface area contributed by atoms with E-state index in [1.54, 1.807) is 0 Å². The SMILES string of the molecule is CC=[N+](c1ccc2c(c1)nc(N(CCC)CCC)c1cc([N+](=CC)N(C)C)ccc12)N(C)C. The van der Waals surface area contributed by atoms with Gasteiger partial charge in [0.25, 0.3) is 0 Å². The van der Waals surface area contributed by atoms with Gasteiger partial charge in [-0.1, -0.05) is 23.2 Å². The third-order valence-electron chi connectivity index (χ3n) is 5.91. The van der Waals surface area contributed by atoms with Crippen LogP contribution in [-0.4, -0.2) is 78.1 Å². The Balaban J connectivity index is 2.35. The molecule has 2 aromatic carbocycles. The molecule has 3 rings (SSSR count). The van der Waals surface area contributed by atoms with E-state index < -0.39 is 0 Å². The van der Waals surface area contributed by atoms with Crippen molar-refractivity contribution in [3.8, 4) is 0 Å². The molecule has 0 saturated carbocycles. The van der Waals surface area contributed by atoms with Crippen LogP contribution in [0.15, 0.2) is 36.4 Å². The lowest BCUT2D eigenvalue weighted by Gasteiger charge is -2.25. The minimum absolute atomic E-state index is 0.995. The zero-order valence-corrected chi connectivity index (χ0v) is 21.6. The third kappa shape index (κ3) is 4.95. The highest BCUT2D eigenvalue weighted by atomic mass is 15.5. The summed E-state index contributed by atoms with van der Waals surface area (Å²) >= 11 is 0. The summed E-state index contributed by atoms with van der Waals surface area (Å²) in [7, 11) is 8.23. The monoisotopic (exact) mass is 448 g/mol. The summed E-state index contributed by atoms with van der Waals surface area (Å²) in [5.41, 5.74) is 3.28. The molecule has 0 aliphatic carbocycles. The van der Waals surface area contributed by atoms with Crippen LogP contribution in [0.2, 0.25) is 0 Å². The molecule has 33 heavy (non-hydrogen) atoms. The van der Waals surface area contributed by atoms with E-state index in [1.807, 2.05) is 0 Å². The second kappa shape index (κ2) is 10.6. The average molecular weight is 449 g/mol. The number of aromatic nitrogens is 1. The smallest absolute Gasteiger partial charge is 0.237 e. The molecule has 1 heterocycles. The Bertz CT molecular complexity index is 1170. The molecular formula is C27H40N6+2. The van der Waals surface area contributed by atoms with Crippen molar-refractivity contribution < 1.29 is 9.37 Å². The highest BCUT2D eigenvalue weighted by Gasteiger charge is 2.20. The molecule has 176 valence electrons. The average Bonchev–Trinajstić information content (AvgIpc) is 2.78. The fourth-order valence-electron chi connectivity index (χ4n) is 4.58. The molecule has 0 amide bonds. The standard InChI is InChI=1S/C27H40N6/c1-9-17-31(18-10-2)27-25-19-21(32(11-3)29(5)6)13-15-23(25)24-16-14-22(20-26(24)28-27)33(12-4)30(7)8/h11-16,19-20H,9-10,17-18H2,1-8H3/q+2. The Kier molecular flexibility index (Phi) is 7.90. The Labute approximate surface area is 199 Å². The van der Waals surface area contributed by atoms with E-state index in [1.165, 1.54) is 16.2 Å². The molecule has 0 aliphatic rings. The molecule has 0 aliphatic heterocycles. The number of hydrazine groups is 2. The number of fused-ring (bicyclic) bond motifs is 3. The van der Waals surface area contributed by atoms with Gasteiger partial charge in [0.2, 0.25) is 11.4 Å². The topological polar surface area (TPSA) is 28.6 Å². The zero-order chi connectivity index (χ0) is 24.1. The molecule has 6 heteroatoms. The van der Waals surface area contributed by atoms with Crippen molar-refractivity contribution >= 4 is 51.3 Å². The van der Waals surface area contributed by atoms with Gasteiger partial charge in [-0.3, -0.25) is 0 Å². The number of hydrogen-bond donors (Lipinski definition) is 0. The summed E-state index contributed by atoms with van der Waals surface area (Å²) in [5.74, 6) is 1.08. The number of nitrogens with zero attached hydrogens (tertiary/aromatic N) is 6. The summed E-state index contributed by atoms with van der Waals surface area (Å²) in [6.07, 6.45) is 6.35. The van der Waals surface area contributed by atoms with Gasteiger partial charge in [-0.15, -0.1) is 0 Å². The minimum atomic E-state index is 0.995. The summed E-state index contributed by atoms with van der Waals surface area (Å²) in [6.45, 7) is 10.6. The molecule has 0 bridgehead atoms. The van der Waals surface area contributed by atoms with Crippen LogP contribution in [0.3, 0.4) is 0 Å². The van der Waals surface area contributed by atoms with Crippen LogP contribution in [0.25, 0.3) is 21.7 Å². The predicted octanol–water partition coefficient (Wildman–Crippen LogP) is 5.44. The van der Waals surface area contributed by atoms with E-state index in [9.17, 15) is 0 Å². The predicted molar refractivity (Wildman–Crippen MR) is 143 cm³/mol. The Morgan fingerprint density at radius 2 is 1.24 bits per heavy atom. The molecule has 0 saturated heterocycles. The van der Waals surface area contributed by atoms with Gasteiger partial charge in [0, 0.05) is 62.0 Å². The molecule has 0 N–H and O–H groups in total. The first-order valence-corrected chi connectivity index (χ1v) is 12.0. The number of pyridine rings is 1. The van der Waals surface area contributed by atoms with Gasteiger partial charge in [-0.2, -0.15) is 10.0 Å². The maximum Gasteiger partial charge on any atom is 0.237 e. The first kappa shape index (κ1) is 24.5. The molecular weight excluding hydrogens is 408 g/mol. The van der Waals surface area contributed by atoms with Crippen molar-refractivity contribution in [2.45, 2.75) is 40.5 Å². The van der Waals surface area contributed by atoms with Crippen LogP contribution in [0, 0.1) is 0 Å². The van der Waals surface area contributed by atoms with Crippen molar-refractivity contribution in [2.24, 2.45) is 0 Å². The summed E-state index contributed by atoms with van der Waals surface area (Å²) in [6, 6.07) is 13.3. The van der Waals surface area contributed by atoms with Gasteiger partial charge in [0.05, 0.1) is 33.7 Å². The Hall–Kier alpha value is -3.15. The van der Waals surface area contributed by atoms with Gasteiger partial charge in [0.15, 0.2) is 12.4 Å². The fraction of sp³-hybridized carbons (Fsp3) is 0.444. The fourth-order valence-corrected chi connectivity index (χ4v) is 4.58. The number of hydrogen-bond acceptors (Lipinski definition) is 4. The van der Waals surface area contributed by atoms with Gasteiger partial charge < -0.3 is 4.90 Å². The quantitative estimate of drug-likeness (QED) is 0.189. The van der Waals surface area contributed by atoms with E-state index in [0.717, 1.165) is 48.6 Å². The van der Waals surface area contributed by atoms with E-state index in [0.29, 0.717) is 0 Å². The lowest BCUT2D eigenvalue weighted by atomic mass is 10.0. The largest absolute Gasteiger partial charge is 0.356 e. The Morgan fingerprint density at radius 1 is 0.727 bits per heavy atom. The summed E-state index contributed by atoms with van der Waals surface area (Å²) in [5, 5.41) is 7.80. The highest BCUT2D eigenvalue weighted by Crippen LogP contribution is 2.35. The van der Waals surface area contributed by atoms with Crippen LogP contribution in [0.1, 0.15) is 40.5 Å². The maximum atomic E-state index is 5.27. The van der Waals surface area contributed by atoms with Crippen LogP contribution >= 0.6 is 0 Å². The highest BCUT2D eigenvalue weighted by molar-refractivity contribution is 6.11. The summed E-state index contributed by atoms with van der Waals surface area (Å²) < 4.78 is 4.29. The van der Waals surface area contributed by atoms with E-state index in [2.05, 4.69) is 129 Å². The van der Waals surface area contributed by atoms with Gasteiger partial charge in [-0.05, 0) is 30.4 Å². The summed E-state index contributed by atoms with van der Waals surface area (Å²) in [4.78, 5) is 7.72. The van der Waals surface area contributed by atoms with Crippen LogP contribution in [0.4, 0.5) is 17.2 Å². The molecule has 0 fully saturated rings. The van der Waals surface area contributed by atoms with Crippen molar-refractivity contribution in [1.82, 2.24) is 15.0 Å². The molecule has 6 nitrogen and oxygen atoms in total. The third-order valence-corrected chi connectivity index (χ3v) is 5.91.